The molecule has 0 unspecified atom stereocenters. The van der Waals surface area contributed by atoms with E-state index in [1.807, 2.05) is 0 Å². The van der Waals surface area contributed by atoms with Crippen molar-refractivity contribution in [1.82, 2.24) is 4.98 Å². The number of nitrogens with zero attached hydrogens (tertiary/aromatic N) is 1. The van der Waals surface area contributed by atoms with Gasteiger partial charge in [0.1, 0.15) is 5.15 Å². The Morgan fingerprint density at radius 3 is 2.71 bits per heavy atom. The molecule has 0 aliphatic heterocycles. The zero-order chi connectivity index (χ0) is 10.8. The second-order valence-electron chi connectivity index (χ2n) is 2.49. The Morgan fingerprint density at radius 2 is 2.14 bits per heavy atom. The fourth-order valence-electron chi connectivity index (χ4n) is 0.731. The first-order valence-electron chi connectivity index (χ1n) is 3.76. The zero-order valence-electron chi connectivity index (χ0n) is 7.29. The third-order valence-corrected chi connectivity index (χ3v) is 3.27. The minimum atomic E-state index is -3.33. The minimum Gasteiger partial charge on any atom is -0.282 e. The maximum absolute atomic E-state index is 11.2. The predicted molar refractivity (Wildman–Crippen MR) is 57.3 cm³/mol. The van der Waals surface area contributed by atoms with Gasteiger partial charge in [-0.3, -0.25) is 4.72 Å². The number of anilines is 1. The lowest BCUT2D eigenvalue weighted by Crippen LogP contribution is -2.14. The Balaban J connectivity index is 3.03. The van der Waals surface area contributed by atoms with Crippen LogP contribution in [0.1, 0.15) is 6.92 Å². The average Bonchev–Trinajstić information content (AvgIpc) is 2.11. The maximum atomic E-state index is 11.2. The monoisotopic (exact) mass is 254 g/mol. The minimum absolute atomic E-state index is 0.0245. The molecular weight excluding hydrogens is 247 g/mol. The van der Waals surface area contributed by atoms with E-state index in [1.165, 1.54) is 19.2 Å². The Bertz CT molecular complexity index is 433. The second-order valence-corrected chi connectivity index (χ2v) is 5.30. The lowest BCUT2D eigenvalue weighted by Gasteiger charge is -2.07. The number of nitrogens with one attached hydrogen (secondary N) is 1. The quantitative estimate of drug-likeness (QED) is 0.842. The Labute approximate surface area is 92.3 Å². The van der Waals surface area contributed by atoms with Crippen molar-refractivity contribution in [3.05, 3.63) is 22.4 Å². The number of halogens is 2. The second kappa shape index (κ2) is 4.33. The van der Waals surface area contributed by atoms with Crippen molar-refractivity contribution in [1.29, 1.82) is 0 Å². The highest BCUT2D eigenvalue weighted by Crippen LogP contribution is 2.24. The maximum Gasteiger partial charge on any atom is 0.232 e. The number of pyridine rings is 1. The van der Waals surface area contributed by atoms with E-state index in [9.17, 15) is 8.42 Å². The van der Waals surface area contributed by atoms with Crippen molar-refractivity contribution >= 4 is 38.9 Å². The van der Waals surface area contributed by atoms with Gasteiger partial charge in [0.25, 0.3) is 0 Å². The van der Waals surface area contributed by atoms with E-state index in [0.29, 0.717) is 0 Å². The highest BCUT2D eigenvalue weighted by atomic mass is 35.5. The molecule has 0 bridgehead atoms. The van der Waals surface area contributed by atoms with Crippen LogP contribution in [0.3, 0.4) is 0 Å². The third-order valence-electron chi connectivity index (χ3n) is 1.47. The molecule has 4 nitrogen and oxygen atoms in total. The zero-order valence-corrected chi connectivity index (χ0v) is 9.62. The van der Waals surface area contributed by atoms with Crippen molar-refractivity contribution in [3.63, 3.8) is 0 Å². The van der Waals surface area contributed by atoms with Gasteiger partial charge in [0.05, 0.1) is 16.5 Å². The van der Waals surface area contributed by atoms with Crippen LogP contribution in [0.25, 0.3) is 0 Å². The van der Waals surface area contributed by atoms with Crippen molar-refractivity contribution < 1.29 is 8.42 Å². The molecule has 1 heterocycles. The first kappa shape index (κ1) is 11.6. The summed E-state index contributed by atoms with van der Waals surface area (Å²) in [6.07, 6.45) is 1.29. The summed E-state index contributed by atoms with van der Waals surface area (Å²) in [6, 6.07) is 1.36. The molecular formula is C7H8Cl2N2O2S. The van der Waals surface area contributed by atoms with E-state index in [0.717, 1.165) is 0 Å². The van der Waals surface area contributed by atoms with E-state index in [2.05, 4.69) is 9.71 Å². The first-order valence-corrected chi connectivity index (χ1v) is 6.17. The lowest BCUT2D eigenvalue weighted by molar-refractivity contribution is 0.602. The lowest BCUT2D eigenvalue weighted by atomic mass is 10.4. The molecule has 1 aromatic heterocycles. The van der Waals surface area contributed by atoms with E-state index >= 15 is 0 Å². The van der Waals surface area contributed by atoms with Crippen LogP contribution in [0.4, 0.5) is 5.69 Å². The fraction of sp³-hybridized carbons (Fsp3) is 0.286. The smallest absolute Gasteiger partial charge is 0.232 e. The van der Waals surface area contributed by atoms with Gasteiger partial charge in [0.2, 0.25) is 10.0 Å². The van der Waals surface area contributed by atoms with Crippen LogP contribution in [0, 0.1) is 0 Å². The Hall–Kier alpha value is -0.520. The van der Waals surface area contributed by atoms with Gasteiger partial charge in [-0.2, -0.15) is 0 Å². The van der Waals surface area contributed by atoms with Crippen LogP contribution < -0.4 is 4.72 Å². The highest BCUT2D eigenvalue weighted by Gasteiger charge is 2.10. The summed E-state index contributed by atoms with van der Waals surface area (Å²) < 4.78 is 24.7. The topological polar surface area (TPSA) is 59.1 Å². The molecule has 14 heavy (non-hydrogen) atoms. The van der Waals surface area contributed by atoms with E-state index in [1.54, 1.807) is 0 Å². The SMILES string of the molecule is CCS(=O)(=O)Nc1cc(Cl)ncc1Cl. The van der Waals surface area contributed by atoms with Crippen LogP contribution in [-0.2, 0) is 10.0 Å². The van der Waals surface area contributed by atoms with Crippen molar-refractivity contribution in [2.45, 2.75) is 6.92 Å². The molecule has 0 aromatic carbocycles. The molecule has 78 valence electrons. The highest BCUT2D eigenvalue weighted by molar-refractivity contribution is 7.92. The molecule has 7 heteroatoms. The molecule has 0 aliphatic rings. The molecule has 0 radical (unpaired) electrons. The number of rotatable bonds is 3. The molecule has 0 saturated carbocycles. The summed E-state index contributed by atoms with van der Waals surface area (Å²) in [5.41, 5.74) is 0.244. The van der Waals surface area contributed by atoms with Gasteiger partial charge in [-0.25, -0.2) is 13.4 Å². The molecule has 0 amide bonds. The van der Waals surface area contributed by atoms with Gasteiger partial charge in [-0.15, -0.1) is 0 Å². The number of hydrogen-bond acceptors (Lipinski definition) is 3. The molecule has 0 fully saturated rings. The van der Waals surface area contributed by atoms with Crippen LogP contribution in [-0.4, -0.2) is 19.2 Å². The Kier molecular flexibility index (Phi) is 3.58. The first-order chi connectivity index (χ1) is 6.44. The van der Waals surface area contributed by atoms with Crippen LogP contribution >= 0.6 is 23.2 Å². The number of sulfonamides is 1. The molecule has 0 saturated heterocycles. The predicted octanol–water partition coefficient (Wildman–Crippen LogP) is 2.15. The van der Waals surface area contributed by atoms with Gasteiger partial charge in [-0.05, 0) is 6.92 Å². The molecule has 0 aliphatic carbocycles. The van der Waals surface area contributed by atoms with E-state index in [4.69, 9.17) is 23.2 Å². The number of hydrogen-bond donors (Lipinski definition) is 1. The molecule has 0 atom stereocenters. The summed E-state index contributed by atoms with van der Waals surface area (Å²) in [5.74, 6) is -0.0245. The van der Waals surface area contributed by atoms with Crippen LogP contribution in [0.15, 0.2) is 12.3 Å². The van der Waals surface area contributed by atoms with Crippen molar-refractivity contribution in [3.8, 4) is 0 Å². The van der Waals surface area contributed by atoms with Gasteiger partial charge in [0.15, 0.2) is 0 Å². The standard InChI is InChI=1S/C7H8Cl2N2O2S/c1-2-14(12,13)11-6-3-7(9)10-4-5(6)8/h3-4H,2H2,1H3,(H,10,11). The van der Waals surface area contributed by atoms with Crippen molar-refractivity contribution in [2.75, 3.05) is 10.5 Å². The molecule has 1 aromatic rings. The average molecular weight is 255 g/mol. The Morgan fingerprint density at radius 1 is 1.50 bits per heavy atom. The summed E-state index contributed by atoms with van der Waals surface area (Å²) in [5, 5.41) is 0.398. The molecule has 0 spiro atoms. The summed E-state index contributed by atoms with van der Waals surface area (Å²) in [4.78, 5) is 3.69. The molecule has 1 N–H and O–H groups in total. The van der Waals surface area contributed by atoms with Gasteiger partial charge in [0, 0.05) is 12.3 Å². The largest absolute Gasteiger partial charge is 0.282 e. The van der Waals surface area contributed by atoms with Gasteiger partial charge >= 0.3 is 0 Å². The van der Waals surface area contributed by atoms with Crippen molar-refractivity contribution in [2.24, 2.45) is 0 Å². The van der Waals surface area contributed by atoms with Crippen LogP contribution in [0.2, 0.25) is 10.2 Å². The van der Waals surface area contributed by atoms with E-state index < -0.39 is 10.0 Å². The van der Waals surface area contributed by atoms with E-state index in [-0.39, 0.29) is 21.6 Å². The van der Waals surface area contributed by atoms with Gasteiger partial charge in [-0.1, -0.05) is 23.2 Å². The summed E-state index contributed by atoms with van der Waals surface area (Å²) in [6.45, 7) is 1.53. The normalized spacial score (nSPS) is 11.4. The fourth-order valence-corrected chi connectivity index (χ4v) is 1.74. The molecule has 1 rings (SSSR count). The number of aromatic nitrogens is 1. The van der Waals surface area contributed by atoms with Gasteiger partial charge < -0.3 is 0 Å². The third kappa shape index (κ3) is 3.01. The summed E-state index contributed by atoms with van der Waals surface area (Å²) >= 11 is 11.3. The van der Waals surface area contributed by atoms with Crippen LogP contribution in [0.5, 0.6) is 0 Å². The summed E-state index contributed by atoms with van der Waals surface area (Å²) in [7, 11) is -3.33.